The van der Waals surface area contributed by atoms with Crippen LogP contribution in [0.4, 0.5) is 17.3 Å². The van der Waals surface area contributed by atoms with E-state index in [0.29, 0.717) is 55.3 Å². The molecule has 2 amide bonds. The highest BCUT2D eigenvalue weighted by Gasteiger charge is 2.30. The zero-order chi connectivity index (χ0) is 22.7. The van der Waals surface area contributed by atoms with Crippen molar-refractivity contribution < 1.29 is 14.3 Å². The molecule has 2 bridgehead atoms. The molecular weight excluding hydrogens is 408 g/mol. The number of anilines is 3. The largest absolute Gasteiger partial charge is 0.493 e. The molecule has 1 aromatic heterocycles. The van der Waals surface area contributed by atoms with Crippen molar-refractivity contribution in [3.05, 3.63) is 41.9 Å². The summed E-state index contributed by atoms with van der Waals surface area (Å²) in [7, 11) is 3.76. The Labute approximate surface area is 187 Å². The summed E-state index contributed by atoms with van der Waals surface area (Å²) in [6.07, 6.45) is 5.01. The van der Waals surface area contributed by atoms with E-state index in [4.69, 9.17) is 4.74 Å². The Balaban J connectivity index is 1.69. The standard InChI is InChI=1S/C23H28N6O3/c1-15-7-8-16-12-18(15)32-11-4-6-19(30)28(2)9-5-10-29(3)22-20-17(13-24-16)23(31)27-21(20)25-14-26-22/h7-8,12-14,24H,4-6,9-11H2,1-3H3,(H,25,26,27,31)/b17-13-. The molecule has 0 saturated carbocycles. The third kappa shape index (κ3) is 4.51. The average molecular weight is 437 g/mol. The van der Waals surface area contributed by atoms with Gasteiger partial charge < -0.3 is 25.2 Å². The van der Waals surface area contributed by atoms with Crippen LogP contribution in [0.5, 0.6) is 5.75 Å². The highest BCUT2D eigenvalue weighted by Crippen LogP contribution is 2.36. The number of rotatable bonds is 0. The van der Waals surface area contributed by atoms with Crippen molar-refractivity contribution in [1.29, 1.82) is 0 Å². The van der Waals surface area contributed by atoms with Crippen molar-refractivity contribution in [2.24, 2.45) is 0 Å². The molecule has 4 rings (SSSR count). The maximum atomic E-state index is 12.7. The normalized spacial score (nSPS) is 19.0. The van der Waals surface area contributed by atoms with E-state index in [1.165, 1.54) is 6.33 Å². The van der Waals surface area contributed by atoms with Crippen LogP contribution < -0.4 is 20.3 Å². The van der Waals surface area contributed by atoms with E-state index in [0.717, 1.165) is 23.4 Å². The van der Waals surface area contributed by atoms with Gasteiger partial charge >= 0.3 is 0 Å². The van der Waals surface area contributed by atoms with Crippen molar-refractivity contribution in [2.75, 3.05) is 49.3 Å². The van der Waals surface area contributed by atoms with Gasteiger partial charge in [-0.2, -0.15) is 0 Å². The van der Waals surface area contributed by atoms with Crippen molar-refractivity contribution in [3.8, 4) is 5.75 Å². The van der Waals surface area contributed by atoms with Gasteiger partial charge in [-0.25, -0.2) is 9.97 Å². The summed E-state index contributed by atoms with van der Waals surface area (Å²) >= 11 is 0. The predicted octanol–water partition coefficient (Wildman–Crippen LogP) is 2.65. The quantitative estimate of drug-likeness (QED) is 0.655. The Bertz CT molecular complexity index is 1070. The van der Waals surface area contributed by atoms with Crippen molar-refractivity contribution in [2.45, 2.75) is 26.2 Å². The second-order valence-electron chi connectivity index (χ2n) is 8.10. The van der Waals surface area contributed by atoms with Gasteiger partial charge in [0.15, 0.2) is 0 Å². The second-order valence-corrected chi connectivity index (χ2v) is 8.10. The molecule has 3 heterocycles. The van der Waals surface area contributed by atoms with Crippen LogP contribution in [0.3, 0.4) is 0 Å². The zero-order valence-electron chi connectivity index (χ0n) is 18.6. The minimum Gasteiger partial charge on any atom is -0.493 e. The van der Waals surface area contributed by atoms with E-state index in [-0.39, 0.29) is 11.8 Å². The molecule has 0 atom stereocenters. The zero-order valence-corrected chi connectivity index (χ0v) is 18.6. The summed E-state index contributed by atoms with van der Waals surface area (Å²) in [4.78, 5) is 37.5. The summed E-state index contributed by atoms with van der Waals surface area (Å²) < 4.78 is 5.92. The van der Waals surface area contributed by atoms with Gasteiger partial charge in [-0.1, -0.05) is 6.07 Å². The lowest BCUT2D eigenvalue weighted by Crippen LogP contribution is -2.31. The molecule has 168 valence electrons. The Hall–Kier alpha value is -3.62. The monoisotopic (exact) mass is 436 g/mol. The summed E-state index contributed by atoms with van der Waals surface area (Å²) in [6.45, 7) is 3.76. The lowest BCUT2D eigenvalue weighted by atomic mass is 10.1. The number of nitrogens with zero attached hydrogens (tertiary/aromatic N) is 4. The molecule has 1 aromatic carbocycles. The minimum atomic E-state index is -0.231. The molecule has 9 heteroatoms. The topological polar surface area (TPSA) is 99.7 Å². The Morgan fingerprint density at radius 2 is 1.88 bits per heavy atom. The van der Waals surface area contributed by atoms with E-state index in [1.54, 1.807) is 11.1 Å². The summed E-state index contributed by atoms with van der Waals surface area (Å²) in [5, 5.41) is 6.03. The molecule has 0 fully saturated rings. The number of ether oxygens (including phenoxy) is 1. The van der Waals surface area contributed by atoms with Gasteiger partial charge in [0.1, 0.15) is 23.7 Å². The van der Waals surface area contributed by atoms with Gasteiger partial charge in [0.2, 0.25) is 5.91 Å². The van der Waals surface area contributed by atoms with Crippen LogP contribution in [0.25, 0.3) is 5.57 Å². The first-order valence-corrected chi connectivity index (χ1v) is 10.8. The predicted molar refractivity (Wildman–Crippen MR) is 124 cm³/mol. The van der Waals surface area contributed by atoms with E-state index in [1.807, 2.05) is 44.1 Å². The molecule has 0 unspecified atom stereocenters. The fraction of sp³-hybridized carbons (Fsp3) is 0.391. The molecule has 0 radical (unpaired) electrons. The van der Waals surface area contributed by atoms with Gasteiger partial charge in [-0.3, -0.25) is 9.59 Å². The van der Waals surface area contributed by atoms with Crippen molar-refractivity contribution in [3.63, 3.8) is 0 Å². The summed E-state index contributed by atoms with van der Waals surface area (Å²) in [5.74, 6) is 1.78. The maximum Gasteiger partial charge on any atom is 0.259 e. The molecule has 0 aliphatic carbocycles. The van der Waals surface area contributed by atoms with E-state index < -0.39 is 0 Å². The number of carbonyl (C=O) groups is 2. The third-order valence-corrected chi connectivity index (χ3v) is 5.71. The summed E-state index contributed by atoms with van der Waals surface area (Å²) in [6, 6.07) is 5.78. The highest BCUT2D eigenvalue weighted by molar-refractivity contribution is 6.32. The smallest absolute Gasteiger partial charge is 0.259 e. The molecule has 2 aromatic rings. The first-order chi connectivity index (χ1) is 15.4. The fourth-order valence-electron chi connectivity index (χ4n) is 3.81. The van der Waals surface area contributed by atoms with Crippen LogP contribution in [-0.2, 0) is 9.59 Å². The van der Waals surface area contributed by atoms with Crippen LogP contribution in [-0.4, -0.2) is 60.5 Å². The van der Waals surface area contributed by atoms with Crippen molar-refractivity contribution >= 4 is 34.7 Å². The first-order valence-electron chi connectivity index (χ1n) is 10.8. The van der Waals surface area contributed by atoms with E-state index >= 15 is 0 Å². The van der Waals surface area contributed by atoms with Crippen LogP contribution in [0.2, 0.25) is 0 Å². The molecular formula is C23H28N6O3. The van der Waals surface area contributed by atoms with E-state index in [9.17, 15) is 9.59 Å². The lowest BCUT2D eigenvalue weighted by Gasteiger charge is -2.23. The van der Waals surface area contributed by atoms with Crippen LogP contribution in [0, 0.1) is 6.92 Å². The van der Waals surface area contributed by atoms with Gasteiger partial charge in [-0.15, -0.1) is 0 Å². The Kier molecular flexibility index (Phi) is 6.25. The van der Waals surface area contributed by atoms with E-state index in [2.05, 4.69) is 20.6 Å². The van der Waals surface area contributed by atoms with Crippen molar-refractivity contribution in [1.82, 2.24) is 14.9 Å². The number of aryl methyl sites for hydroxylation is 1. The number of fused-ring (bicyclic) bond motifs is 2. The van der Waals surface area contributed by atoms with Gasteiger partial charge in [0.05, 0.1) is 17.7 Å². The van der Waals surface area contributed by atoms with Gasteiger partial charge in [0, 0.05) is 51.6 Å². The highest BCUT2D eigenvalue weighted by atomic mass is 16.5. The molecule has 0 spiro atoms. The number of amides is 2. The molecule has 32 heavy (non-hydrogen) atoms. The third-order valence-electron chi connectivity index (χ3n) is 5.71. The molecule has 0 saturated heterocycles. The maximum absolute atomic E-state index is 12.7. The average Bonchev–Trinajstić information content (AvgIpc) is 3.10. The molecule has 9 nitrogen and oxygen atoms in total. The number of benzene rings is 1. The molecule has 2 aliphatic rings. The Morgan fingerprint density at radius 1 is 1.06 bits per heavy atom. The van der Waals surface area contributed by atoms with Crippen LogP contribution in [0.15, 0.2) is 30.7 Å². The minimum absolute atomic E-state index is 0.104. The van der Waals surface area contributed by atoms with Crippen LogP contribution in [0.1, 0.15) is 30.4 Å². The molecule has 2 N–H and O–H groups in total. The first kappa shape index (κ1) is 21.6. The number of hydrogen-bond acceptors (Lipinski definition) is 7. The number of nitrogens with one attached hydrogen (secondary N) is 2. The van der Waals surface area contributed by atoms with Crippen LogP contribution >= 0.6 is 0 Å². The van der Waals surface area contributed by atoms with Gasteiger partial charge in [-0.05, 0) is 31.4 Å². The molecule has 2 aliphatic heterocycles. The van der Waals surface area contributed by atoms with Gasteiger partial charge in [0.25, 0.3) is 5.91 Å². The second kappa shape index (κ2) is 9.25. The SMILES string of the molecule is Cc1ccc2cc1OCCCC(=O)N(C)CCCN(C)c1ncnc3c1/C(=C/N2)C(=O)N3. The number of aromatic nitrogens is 2. The fourth-order valence-corrected chi connectivity index (χ4v) is 3.81. The number of carbonyl (C=O) groups excluding carboxylic acids is 2. The Morgan fingerprint density at radius 3 is 2.72 bits per heavy atom. The summed E-state index contributed by atoms with van der Waals surface area (Å²) in [5.41, 5.74) is 2.94. The number of hydrogen-bond donors (Lipinski definition) is 2. The lowest BCUT2D eigenvalue weighted by molar-refractivity contribution is -0.130.